The molecule has 5 nitrogen and oxygen atoms in total. The summed E-state index contributed by atoms with van der Waals surface area (Å²) < 4.78 is 5.52. The van der Waals surface area contributed by atoms with Crippen LogP contribution in [0.15, 0.2) is 42.5 Å². The molecule has 0 aliphatic carbocycles. The number of carbonyl (C=O) groups excluding carboxylic acids is 2. The number of ether oxygens (including phenoxy) is 1. The molecule has 2 amide bonds. The second-order valence-electron chi connectivity index (χ2n) is 6.76. The van der Waals surface area contributed by atoms with Gasteiger partial charge in [0.05, 0.1) is 12.3 Å². The fourth-order valence-corrected chi connectivity index (χ4v) is 2.34. The molecule has 2 rings (SSSR count). The molecule has 0 radical (unpaired) electrons. The van der Waals surface area contributed by atoms with Gasteiger partial charge in [0.1, 0.15) is 11.2 Å². The number of aryl methyl sites for hydroxylation is 2. The maximum atomic E-state index is 12.7. The number of nitrogens with one attached hydrogen (secondary N) is 2. The molecule has 0 fully saturated rings. The van der Waals surface area contributed by atoms with E-state index in [4.69, 9.17) is 4.74 Å². The van der Waals surface area contributed by atoms with Gasteiger partial charge in [0, 0.05) is 5.69 Å². The molecular weight excluding hydrogens is 328 g/mol. The van der Waals surface area contributed by atoms with Gasteiger partial charge in [-0.25, -0.2) is 0 Å². The molecule has 26 heavy (non-hydrogen) atoms. The fraction of sp³-hybridized carbons (Fsp3) is 0.333. The second kappa shape index (κ2) is 8.04. The molecule has 2 aromatic carbocycles. The van der Waals surface area contributed by atoms with Crippen LogP contribution < -0.4 is 15.4 Å². The number of anilines is 2. The monoisotopic (exact) mass is 354 g/mol. The third kappa shape index (κ3) is 4.42. The largest absolute Gasteiger partial charge is 0.492 e. The highest BCUT2D eigenvalue weighted by atomic mass is 16.5. The molecule has 0 bridgehead atoms. The van der Waals surface area contributed by atoms with Gasteiger partial charge in [-0.3, -0.25) is 9.59 Å². The molecule has 2 N–H and O–H groups in total. The summed E-state index contributed by atoms with van der Waals surface area (Å²) in [5.41, 5.74) is 2.20. The van der Waals surface area contributed by atoms with E-state index in [1.807, 2.05) is 45.0 Å². The Kier molecular flexibility index (Phi) is 6.03. The van der Waals surface area contributed by atoms with Crippen molar-refractivity contribution in [3.63, 3.8) is 0 Å². The number of para-hydroxylation sites is 2. The van der Waals surface area contributed by atoms with E-state index in [2.05, 4.69) is 10.6 Å². The zero-order valence-electron chi connectivity index (χ0n) is 16.0. The molecule has 0 aliphatic heterocycles. The van der Waals surface area contributed by atoms with Crippen molar-refractivity contribution >= 4 is 23.2 Å². The van der Waals surface area contributed by atoms with Crippen molar-refractivity contribution in [3.8, 4) is 5.75 Å². The van der Waals surface area contributed by atoms with E-state index < -0.39 is 11.3 Å². The second-order valence-corrected chi connectivity index (χ2v) is 6.76. The predicted octanol–water partition coefficient (Wildman–Crippen LogP) is 4.31. The lowest BCUT2D eigenvalue weighted by atomic mass is 9.90. The van der Waals surface area contributed by atoms with Gasteiger partial charge in [-0.05, 0) is 70.0 Å². The van der Waals surface area contributed by atoms with Crippen LogP contribution >= 0.6 is 0 Å². The molecule has 2 aromatic rings. The highest BCUT2D eigenvalue weighted by Gasteiger charge is 2.36. The van der Waals surface area contributed by atoms with Crippen molar-refractivity contribution in [2.24, 2.45) is 5.41 Å². The average molecular weight is 354 g/mol. The van der Waals surface area contributed by atoms with E-state index >= 15 is 0 Å². The van der Waals surface area contributed by atoms with Crippen molar-refractivity contribution in [1.29, 1.82) is 0 Å². The third-order valence-corrected chi connectivity index (χ3v) is 4.34. The lowest BCUT2D eigenvalue weighted by molar-refractivity contribution is -0.135. The highest BCUT2D eigenvalue weighted by Crippen LogP contribution is 2.27. The van der Waals surface area contributed by atoms with Crippen LogP contribution in [0.2, 0.25) is 0 Å². The topological polar surface area (TPSA) is 67.4 Å². The van der Waals surface area contributed by atoms with Gasteiger partial charge in [-0.15, -0.1) is 0 Å². The molecule has 0 unspecified atom stereocenters. The molecule has 138 valence electrons. The first-order chi connectivity index (χ1) is 12.3. The zero-order chi connectivity index (χ0) is 19.3. The normalized spacial score (nSPS) is 11.0. The van der Waals surface area contributed by atoms with Crippen LogP contribution in [-0.2, 0) is 9.59 Å². The Morgan fingerprint density at radius 2 is 1.62 bits per heavy atom. The Labute approximate surface area is 154 Å². The minimum absolute atomic E-state index is 0.368. The zero-order valence-corrected chi connectivity index (χ0v) is 16.0. The average Bonchev–Trinajstić information content (AvgIpc) is 2.60. The predicted molar refractivity (Wildman–Crippen MR) is 105 cm³/mol. The van der Waals surface area contributed by atoms with E-state index in [-0.39, 0.29) is 5.91 Å². The summed E-state index contributed by atoms with van der Waals surface area (Å²) in [6.45, 7) is 9.55. The van der Waals surface area contributed by atoms with Crippen LogP contribution in [0.3, 0.4) is 0 Å². The standard InChI is InChI=1S/C21H26N2O3/c1-6-26-18-10-8-7-9-17(18)23-20(25)21(4,5)19(24)22-16-12-11-14(2)15(3)13-16/h7-13H,6H2,1-5H3,(H,22,24)(H,23,25). The molecule has 0 heterocycles. The number of benzene rings is 2. The molecule has 0 saturated carbocycles. The van der Waals surface area contributed by atoms with Crippen molar-refractivity contribution in [2.45, 2.75) is 34.6 Å². The fourth-order valence-electron chi connectivity index (χ4n) is 2.34. The summed E-state index contributed by atoms with van der Waals surface area (Å²) in [5, 5.41) is 5.62. The van der Waals surface area contributed by atoms with Crippen LogP contribution in [0.25, 0.3) is 0 Å². The van der Waals surface area contributed by atoms with E-state index in [1.54, 1.807) is 32.0 Å². The van der Waals surface area contributed by atoms with Crippen molar-refractivity contribution in [1.82, 2.24) is 0 Å². The first-order valence-electron chi connectivity index (χ1n) is 8.67. The third-order valence-electron chi connectivity index (χ3n) is 4.34. The Morgan fingerprint density at radius 1 is 0.962 bits per heavy atom. The van der Waals surface area contributed by atoms with Crippen LogP contribution in [0.1, 0.15) is 31.9 Å². The van der Waals surface area contributed by atoms with Gasteiger partial charge in [0.15, 0.2) is 0 Å². The number of hydrogen-bond acceptors (Lipinski definition) is 3. The number of carbonyl (C=O) groups is 2. The van der Waals surface area contributed by atoms with Gasteiger partial charge in [0.2, 0.25) is 11.8 Å². The highest BCUT2D eigenvalue weighted by molar-refractivity contribution is 6.14. The van der Waals surface area contributed by atoms with Crippen LogP contribution in [0.4, 0.5) is 11.4 Å². The minimum atomic E-state index is -1.25. The smallest absolute Gasteiger partial charge is 0.239 e. The summed E-state index contributed by atoms with van der Waals surface area (Å²) in [6.07, 6.45) is 0. The van der Waals surface area contributed by atoms with E-state index in [0.717, 1.165) is 11.1 Å². The molecule has 0 spiro atoms. The number of hydrogen-bond donors (Lipinski definition) is 2. The summed E-state index contributed by atoms with van der Waals surface area (Å²) in [7, 11) is 0. The van der Waals surface area contributed by atoms with E-state index in [1.165, 1.54) is 0 Å². The Hall–Kier alpha value is -2.82. The summed E-state index contributed by atoms with van der Waals surface area (Å²) in [6, 6.07) is 12.8. The lowest BCUT2D eigenvalue weighted by Crippen LogP contribution is -2.41. The van der Waals surface area contributed by atoms with E-state index in [0.29, 0.717) is 23.7 Å². The van der Waals surface area contributed by atoms with Gasteiger partial charge >= 0.3 is 0 Å². The SMILES string of the molecule is CCOc1ccccc1NC(=O)C(C)(C)C(=O)Nc1ccc(C)c(C)c1. The first kappa shape index (κ1) is 19.5. The molecule has 0 aliphatic rings. The van der Waals surface area contributed by atoms with Crippen molar-refractivity contribution in [3.05, 3.63) is 53.6 Å². The summed E-state index contributed by atoms with van der Waals surface area (Å²) in [4.78, 5) is 25.4. The van der Waals surface area contributed by atoms with Gasteiger partial charge in [-0.1, -0.05) is 18.2 Å². The summed E-state index contributed by atoms with van der Waals surface area (Å²) in [5.74, 6) is -0.188. The van der Waals surface area contributed by atoms with Crippen LogP contribution in [0.5, 0.6) is 5.75 Å². The molecular formula is C21H26N2O3. The number of amides is 2. The maximum absolute atomic E-state index is 12.7. The molecule has 5 heteroatoms. The Morgan fingerprint density at radius 3 is 2.27 bits per heavy atom. The maximum Gasteiger partial charge on any atom is 0.239 e. The summed E-state index contributed by atoms with van der Waals surface area (Å²) >= 11 is 0. The van der Waals surface area contributed by atoms with Crippen LogP contribution in [-0.4, -0.2) is 18.4 Å². The van der Waals surface area contributed by atoms with Crippen LogP contribution in [0, 0.1) is 19.3 Å². The van der Waals surface area contributed by atoms with Gasteiger partial charge in [-0.2, -0.15) is 0 Å². The molecule has 0 saturated heterocycles. The van der Waals surface area contributed by atoms with Crippen molar-refractivity contribution in [2.75, 3.05) is 17.2 Å². The first-order valence-corrected chi connectivity index (χ1v) is 8.67. The minimum Gasteiger partial charge on any atom is -0.492 e. The number of rotatable bonds is 6. The van der Waals surface area contributed by atoms with Gasteiger partial charge in [0.25, 0.3) is 0 Å². The Bertz CT molecular complexity index is 813. The Balaban J connectivity index is 2.13. The van der Waals surface area contributed by atoms with E-state index in [9.17, 15) is 9.59 Å². The lowest BCUT2D eigenvalue weighted by Gasteiger charge is -2.23. The quantitative estimate of drug-likeness (QED) is 0.760. The van der Waals surface area contributed by atoms with Gasteiger partial charge < -0.3 is 15.4 Å². The van der Waals surface area contributed by atoms with Crippen molar-refractivity contribution < 1.29 is 14.3 Å². The molecule has 0 atom stereocenters. The molecule has 0 aromatic heterocycles.